The molecule has 0 heterocycles. The van der Waals surface area contributed by atoms with E-state index in [2.05, 4.69) is 26.6 Å². The summed E-state index contributed by atoms with van der Waals surface area (Å²) in [5, 5.41) is 5.60. The minimum Gasteiger partial charge on any atom is -0.332 e. The van der Waals surface area contributed by atoms with Crippen LogP contribution in [0.15, 0.2) is 88.2 Å². The Labute approximate surface area is 195 Å². The number of para-hydroxylation sites is 1. The lowest BCUT2D eigenvalue weighted by Crippen LogP contribution is -2.34. The van der Waals surface area contributed by atoms with Crippen molar-refractivity contribution in [2.24, 2.45) is 0 Å². The number of sulfonamides is 1. The number of rotatable bonds is 6. The Bertz CT molecular complexity index is 1180. The largest absolute Gasteiger partial charge is 0.332 e. The van der Waals surface area contributed by atoms with Crippen molar-refractivity contribution in [2.75, 3.05) is 16.2 Å². The lowest BCUT2D eigenvalue weighted by Gasteiger charge is -2.23. The predicted molar refractivity (Wildman–Crippen MR) is 131 cm³/mol. The van der Waals surface area contributed by atoms with Crippen LogP contribution < -0.4 is 14.9 Å². The number of nitrogens with one attached hydrogen (secondary N) is 2. The molecule has 0 fully saturated rings. The third-order valence-electron chi connectivity index (χ3n) is 4.38. The summed E-state index contributed by atoms with van der Waals surface area (Å²) in [6.45, 7) is 2.09. The van der Waals surface area contributed by atoms with Gasteiger partial charge in [-0.2, -0.15) is 0 Å². The fraction of sp³-hybridized carbons (Fsp3) is 0.0909. The van der Waals surface area contributed by atoms with Gasteiger partial charge in [0.25, 0.3) is 15.9 Å². The Hall–Kier alpha value is -2.75. The molecule has 0 saturated heterocycles. The first kappa shape index (κ1) is 22.9. The Morgan fingerprint density at radius 2 is 1.58 bits per heavy atom. The molecule has 0 aliphatic rings. The molecule has 0 unspecified atom stereocenters. The van der Waals surface area contributed by atoms with Gasteiger partial charge >= 0.3 is 0 Å². The summed E-state index contributed by atoms with van der Waals surface area (Å²) in [5.74, 6) is -0.356. The van der Waals surface area contributed by atoms with E-state index < -0.39 is 10.0 Å². The van der Waals surface area contributed by atoms with Crippen LogP contribution in [0, 0.1) is 0 Å². The molecule has 0 aromatic heterocycles. The maximum atomic E-state index is 13.0. The van der Waals surface area contributed by atoms with Gasteiger partial charge in [-0.1, -0.05) is 30.3 Å². The zero-order valence-corrected chi connectivity index (χ0v) is 19.8. The molecule has 0 spiro atoms. The van der Waals surface area contributed by atoms with Gasteiger partial charge in [0.1, 0.15) is 0 Å². The summed E-state index contributed by atoms with van der Waals surface area (Å²) in [5.41, 5.74) is 1.61. The molecular formula is C22H20BrN3O3S2. The van der Waals surface area contributed by atoms with E-state index in [0.717, 1.165) is 0 Å². The Morgan fingerprint density at radius 3 is 2.19 bits per heavy atom. The number of halogens is 1. The van der Waals surface area contributed by atoms with Crippen molar-refractivity contribution in [1.82, 2.24) is 5.32 Å². The van der Waals surface area contributed by atoms with E-state index in [9.17, 15) is 13.2 Å². The number of thiocarbonyl (C=S) groups is 1. The van der Waals surface area contributed by atoms with E-state index in [1.807, 2.05) is 12.1 Å². The van der Waals surface area contributed by atoms with Crippen LogP contribution >= 0.6 is 28.1 Å². The number of anilines is 2. The monoisotopic (exact) mass is 517 g/mol. The maximum absolute atomic E-state index is 13.0. The fourth-order valence-electron chi connectivity index (χ4n) is 2.90. The third kappa shape index (κ3) is 5.49. The van der Waals surface area contributed by atoms with Crippen molar-refractivity contribution in [3.63, 3.8) is 0 Å². The van der Waals surface area contributed by atoms with E-state index in [4.69, 9.17) is 12.2 Å². The summed E-state index contributed by atoms with van der Waals surface area (Å²) in [6, 6.07) is 22.1. The van der Waals surface area contributed by atoms with Crippen LogP contribution in [0.1, 0.15) is 17.3 Å². The first-order valence-corrected chi connectivity index (χ1v) is 12.0. The topological polar surface area (TPSA) is 78.5 Å². The number of amides is 1. The average Bonchev–Trinajstić information content (AvgIpc) is 2.75. The molecular weight excluding hydrogens is 498 g/mol. The molecule has 160 valence electrons. The third-order valence-corrected chi connectivity index (χ3v) is 7.19. The Balaban J connectivity index is 1.70. The van der Waals surface area contributed by atoms with Crippen molar-refractivity contribution in [3.05, 3.63) is 88.9 Å². The first-order valence-electron chi connectivity index (χ1n) is 9.37. The zero-order valence-electron chi connectivity index (χ0n) is 16.6. The van der Waals surface area contributed by atoms with Crippen LogP contribution in [-0.2, 0) is 10.0 Å². The van der Waals surface area contributed by atoms with Crippen molar-refractivity contribution in [2.45, 2.75) is 11.8 Å². The van der Waals surface area contributed by atoms with Gasteiger partial charge in [-0.3, -0.25) is 14.4 Å². The highest BCUT2D eigenvalue weighted by molar-refractivity contribution is 9.10. The molecule has 0 atom stereocenters. The zero-order chi connectivity index (χ0) is 22.4. The van der Waals surface area contributed by atoms with Crippen molar-refractivity contribution >= 4 is 60.6 Å². The van der Waals surface area contributed by atoms with E-state index >= 15 is 0 Å². The van der Waals surface area contributed by atoms with E-state index in [0.29, 0.717) is 28.0 Å². The molecule has 6 nitrogen and oxygen atoms in total. The summed E-state index contributed by atoms with van der Waals surface area (Å²) < 4.78 is 28.1. The number of carbonyl (C=O) groups is 1. The SMILES string of the molecule is CCN(c1ccccc1)S(=O)(=O)c1ccc(NC(=S)NC(=O)c2ccccc2Br)cc1. The lowest BCUT2D eigenvalue weighted by molar-refractivity contribution is 0.0977. The standard InChI is InChI=1S/C22H20BrN3O3S2/c1-2-26(17-8-4-3-5-9-17)31(28,29)18-14-12-16(13-15-18)24-22(30)25-21(27)19-10-6-7-11-20(19)23/h3-15H,2H2,1H3,(H2,24,25,27,30). The molecule has 0 radical (unpaired) electrons. The summed E-state index contributed by atoms with van der Waals surface area (Å²) >= 11 is 8.53. The van der Waals surface area contributed by atoms with Crippen molar-refractivity contribution < 1.29 is 13.2 Å². The smallest absolute Gasteiger partial charge is 0.264 e. The average molecular weight is 518 g/mol. The predicted octanol–water partition coefficient (Wildman–Crippen LogP) is 4.79. The van der Waals surface area contributed by atoms with Gasteiger partial charge in [0.2, 0.25) is 0 Å². The molecule has 2 N–H and O–H groups in total. The first-order chi connectivity index (χ1) is 14.8. The second-order valence-corrected chi connectivity index (χ2v) is 9.54. The molecule has 0 bridgehead atoms. The second kappa shape index (κ2) is 10.0. The quantitative estimate of drug-likeness (QED) is 0.459. The highest BCUT2D eigenvalue weighted by atomic mass is 79.9. The van der Waals surface area contributed by atoms with Crippen LogP contribution in [0.3, 0.4) is 0 Å². The van der Waals surface area contributed by atoms with Crippen LogP contribution in [0.25, 0.3) is 0 Å². The molecule has 3 rings (SSSR count). The number of benzene rings is 3. The number of hydrogen-bond acceptors (Lipinski definition) is 4. The molecule has 0 aliphatic carbocycles. The second-order valence-electron chi connectivity index (χ2n) is 6.42. The van der Waals surface area contributed by atoms with Gasteiger partial charge in [-0.05, 0) is 83.6 Å². The van der Waals surface area contributed by atoms with Gasteiger partial charge < -0.3 is 5.32 Å². The minimum atomic E-state index is -3.71. The molecule has 9 heteroatoms. The van der Waals surface area contributed by atoms with Gasteiger partial charge in [0.15, 0.2) is 5.11 Å². The lowest BCUT2D eigenvalue weighted by atomic mass is 10.2. The highest BCUT2D eigenvalue weighted by Gasteiger charge is 2.23. The normalized spacial score (nSPS) is 10.9. The number of nitrogens with zero attached hydrogens (tertiary/aromatic N) is 1. The maximum Gasteiger partial charge on any atom is 0.264 e. The molecule has 0 saturated carbocycles. The van der Waals surface area contributed by atoms with Gasteiger partial charge in [-0.15, -0.1) is 0 Å². The summed E-state index contributed by atoms with van der Waals surface area (Å²) in [7, 11) is -3.71. The van der Waals surface area contributed by atoms with Crippen LogP contribution in [0.5, 0.6) is 0 Å². The van der Waals surface area contributed by atoms with Crippen LogP contribution in [-0.4, -0.2) is 26.0 Å². The number of carbonyl (C=O) groups excluding carboxylic acids is 1. The fourth-order valence-corrected chi connectivity index (χ4v) is 5.05. The highest BCUT2D eigenvalue weighted by Crippen LogP contribution is 2.24. The van der Waals surface area contributed by atoms with Gasteiger partial charge in [-0.25, -0.2) is 8.42 Å². The van der Waals surface area contributed by atoms with Gasteiger partial charge in [0.05, 0.1) is 16.1 Å². The summed E-state index contributed by atoms with van der Waals surface area (Å²) in [6.07, 6.45) is 0. The number of hydrogen-bond donors (Lipinski definition) is 2. The Kier molecular flexibility index (Phi) is 7.42. The van der Waals surface area contributed by atoms with E-state index in [-0.39, 0.29) is 15.9 Å². The van der Waals surface area contributed by atoms with Gasteiger partial charge in [0, 0.05) is 16.7 Å². The van der Waals surface area contributed by atoms with E-state index in [1.165, 1.54) is 16.4 Å². The van der Waals surface area contributed by atoms with Crippen LogP contribution in [0.4, 0.5) is 11.4 Å². The Morgan fingerprint density at radius 1 is 0.968 bits per heavy atom. The minimum absolute atomic E-state index is 0.107. The summed E-state index contributed by atoms with van der Waals surface area (Å²) in [4.78, 5) is 12.5. The van der Waals surface area contributed by atoms with Crippen molar-refractivity contribution in [1.29, 1.82) is 0 Å². The van der Waals surface area contributed by atoms with E-state index in [1.54, 1.807) is 61.5 Å². The molecule has 3 aromatic rings. The van der Waals surface area contributed by atoms with Crippen molar-refractivity contribution in [3.8, 4) is 0 Å². The molecule has 0 aliphatic heterocycles. The molecule has 31 heavy (non-hydrogen) atoms. The molecule has 1 amide bonds. The van der Waals surface area contributed by atoms with Crippen LogP contribution in [0.2, 0.25) is 0 Å². The molecule has 3 aromatic carbocycles.